The Kier molecular flexibility index (Phi) is 6.41. The van der Waals surface area contributed by atoms with Crippen LogP contribution in [0.2, 0.25) is 25.7 Å². The van der Waals surface area contributed by atoms with Crippen LogP contribution in [0.25, 0.3) is 0 Å². The van der Waals surface area contributed by atoms with Crippen LogP contribution in [0.5, 0.6) is 0 Å². The largest absolute Gasteiger partial charge is 0.361 e. The molecule has 0 atom stereocenters. The van der Waals surface area contributed by atoms with E-state index in [0.717, 1.165) is 6.04 Å². The van der Waals surface area contributed by atoms with Crippen LogP contribution in [0.3, 0.4) is 0 Å². The van der Waals surface area contributed by atoms with E-state index in [1.54, 1.807) is 6.92 Å². The second-order valence-corrected chi connectivity index (χ2v) is 13.2. The Hall–Kier alpha value is -1.65. The molecule has 8 nitrogen and oxygen atoms in total. The molecule has 136 valence electrons. The first kappa shape index (κ1) is 19.7. The van der Waals surface area contributed by atoms with Crippen molar-refractivity contribution in [2.24, 2.45) is 0 Å². The average molecular weight is 429 g/mol. The Morgan fingerprint density at radius 1 is 1.32 bits per heavy atom. The van der Waals surface area contributed by atoms with Gasteiger partial charge in [-0.2, -0.15) is 4.98 Å². The Morgan fingerprint density at radius 3 is 2.64 bits per heavy atom. The molecule has 0 bridgehead atoms. The van der Waals surface area contributed by atoms with Crippen molar-refractivity contribution in [3.05, 3.63) is 28.1 Å². The fourth-order valence-electron chi connectivity index (χ4n) is 1.94. The highest BCUT2D eigenvalue weighted by Gasteiger charge is 2.22. The smallest absolute Gasteiger partial charge is 0.218 e. The van der Waals surface area contributed by atoms with Gasteiger partial charge in [0, 0.05) is 14.7 Å². The van der Waals surface area contributed by atoms with Gasteiger partial charge in [0.1, 0.15) is 12.5 Å². The minimum absolute atomic E-state index is 0.0249. The lowest BCUT2D eigenvalue weighted by atomic mass is 10.1. The summed E-state index contributed by atoms with van der Waals surface area (Å²) in [5.74, 6) is -0.480. The Labute approximate surface area is 155 Å². The lowest BCUT2D eigenvalue weighted by molar-refractivity contribution is 0.0759. The molecule has 0 saturated carbocycles. The molecule has 0 radical (unpaired) electrons. The van der Waals surface area contributed by atoms with E-state index in [0.29, 0.717) is 22.7 Å². The van der Waals surface area contributed by atoms with Crippen molar-refractivity contribution < 1.29 is 18.8 Å². The number of hydrogen-bond donors (Lipinski definition) is 0. The maximum Gasteiger partial charge on any atom is 0.218 e. The number of aryl methyl sites for hydroxylation is 1. The van der Waals surface area contributed by atoms with Crippen LogP contribution in [-0.2, 0) is 11.5 Å². The number of ether oxygens (including phenoxy) is 1. The summed E-state index contributed by atoms with van der Waals surface area (Å²) >= 11 is 3.25. The topological polar surface area (TPSA) is 100 Å². The first-order valence-electron chi connectivity index (χ1n) is 7.83. The Balaban J connectivity index is 1.93. The molecule has 0 aliphatic carbocycles. The zero-order valence-corrected chi connectivity index (χ0v) is 17.3. The molecule has 0 aliphatic rings. The predicted octanol–water partition coefficient (Wildman–Crippen LogP) is 3.11. The maximum atomic E-state index is 12.2. The zero-order chi connectivity index (χ0) is 18.6. The molecule has 0 fully saturated rings. The molecule has 0 aromatic carbocycles. The van der Waals surface area contributed by atoms with E-state index in [9.17, 15) is 9.59 Å². The van der Waals surface area contributed by atoms with Gasteiger partial charge in [-0.15, -0.1) is 5.10 Å². The molecule has 0 amide bonds. The molecule has 0 saturated heterocycles. The van der Waals surface area contributed by atoms with Gasteiger partial charge in [0.15, 0.2) is 10.5 Å². The third kappa shape index (κ3) is 5.68. The summed E-state index contributed by atoms with van der Waals surface area (Å²) in [6, 6.07) is 1.04. The number of Topliss-reactive ketones (excluding diaryl/α,β-unsaturated/α-hetero) is 2. The summed E-state index contributed by atoms with van der Waals surface area (Å²) in [7, 11) is -1.16. The average Bonchev–Trinajstić information content (AvgIpc) is 3.09. The molecule has 2 heterocycles. The van der Waals surface area contributed by atoms with Crippen LogP contribution in [0.4, 0.5) is 0 Å². The van der Waals surface area contributed by atoms with Gasteiger partial charge in [0.2, 0.25) is 11.6 Å². The van der Waals surface area contributed by atoms with Crippen molar-refractivity contribution in [1.29, 1.82) is 0 Å². The van der Waals surface area contributed by atoms with E-state index in [-0.39, 0.29) is 24.8 Å². The van der Waals surface area contributed by atoms with Crippen molar-refractivity contribution in [2.75, 3.05) is 6.61 Å². The number of ketones is 2. The number of carbonyl (C=O) groups is 2. The lowest BCUT2D eigenvalue weighted by Gasteiger charge is -2.15. The quantitative estimate of drug-likeness (QED) is 0.261. The molecular weight excluding hydrogens is 408 g/mol. The number of hydrogen-bond acceptors (Lipinski definition) is 7. The monoisotopic (exact) mass is 428 g/mol. The SMILES string of the molecule is Cc1oncc1C(=O)CC(=O)c1nc(Br)n(COCC[Si](C)(C)C)n1. The van der Waals surface area contributed by atoms with Crippen molar-refractivity contribution in [3.8, 4) is 0 Å². The number of aromatic nitrogens is 4. The van der Waals surface area contributed by atoms with Crippen molar-refractivity contribution in [3.63, 3.8) is 0 Å². The number of halogens is 1. The van der Waals surface area contributed by atoms with Crippen LogP contribution in [-0.4, -0.2) is 46.2 Å². The van der Waals surface area contributed by atoms with Gasteiger partial charge in [0.25, 0.3) is 0 Å². The van der Waals surface area contributed by atoms with E-state index in [2.05, 4.69) is 50.8 Å². The second kappa shape index (κ2) is 8.15. The molecule has 2 aromatic rings. The normalized spacial score (nSPS) is 11.7. The van der Waals surface area contributed by atoms with Gasteiger partial charge >= 0.3 is 0 Å². The third-order valence-electron chi connectivity index (χ3n) is 3.46. The van der Waals surface area contributed by atoms with Gasteiger partial charge in [-0.1, -0.05) is 24.8 Å². The van der Waals surface area contributed by atoms with Crippen molar-refractivity contribution >= 4 is 35.6 Å². The zero-order valence-electron chi connectivity index (χ0n) is 14.7. The van der Waals surface area contributed by atoms with Gasteiger partial charge < -0.3 is 9.26 Å². The number of rotatable bonds is 9. The molecule has 0 spiro atoms. The fourth-order valence-corrected chi connectivity index (χ4v) is 3.05. The standard InChI is InChI=1S/C15H21BrN4O4Si/c1-10-11(8-17-24-10)12(21)7-13(22)14-18-15(16)20(19-14)9-23-5-6-25(2,3)4/h8H,5-7,9H2,1-4H3. The molecule has 2 aromatic heterocycles. The highest BCUT2D eigenvalue weighted by Crippen LogP contribution is 2.13. The van der Waals surface area contributed by atoms with E-state index in [4.69, 9.17) is 9.26 Å². The van der Waals surface area contributed by atoms with E-state index in [1.165, 1.54) is 10.9 Å². The van der Waals surface area contributed by atoms with Crippen LogP contribution < -0.4 is 0 Å². The van der Waals surface area contributed by atoms with E-state index < -0.39 is 13.9 Å². The number of nitrogens with zero attached hydrogens (tertiary/aromatic N) is 4. The fraction of sp³-hybridized carbons (Fsp3) is 0.533. The van der Waals surface area contributed by atoms with Gasteiger partial charge in [-0.3, -0.25) is 9.59 Å². The predicted molar refractivity (Wildman–Crippen MR) is 96.3 cm³/mol. The summed E-state index contributed by atoms with van der Waals surface area (Å²) in [6.45, 7) is 9.26. The molecule has 0 unspecified atom stereocenters. The summed E-state index contributed by atoms with van der Waals surface area (Å²) in [4.78, 5) is 28.4. The lowest BCUT2D eigenvalue weighted by Crippen LogP contribution is -2.22. The summed E-state index contributed by atoms with van der Waals surface area (Å²) in [6.07, 6.45) is 0.967. The first-order valence-corrected chi connectivity index (χ1v) is 12.3. The van der Waals surface area contributed by atoms with E-state index in [1.807, 2.05) is 0 Å². The van der Waals surface area contributed by atoms with Gasteiger partial charge in [0.05, 0.1) is 18.2 Å². The number of carbonyl (C=O) groups excluding carboxylic acids is 2. The van der Waals surface area contributed by atoms with Crippen molar-refractivity contribution in [2.45, 2.75) is 45.8 Å². The molecule has 0 N–H and O–H groups in total. The minimum Gasteiger partial charge on any atom is -0.361 e. The molecule has 25 heavy (non-hydrogen) atoms. The summed E-state index contributed by atoms with van der Waals surface area (Å²) < 4.78 is 12.3. The molecular formula is C15H21BrN4O4Si. The van der Waals surface area contributed by atoms with E-state index >= 15 is 0 Å². The highest BCUT2D eigenvalue weighted by molar-refractivity contribution is 9.10. The Morgan fingerprint density at radius 2 is 2.04 bits per heavy atom. The summed E-state index contributed by atoms with van der Waals surface area (Å²) in [5, 5.41) is 7.64. The third-order valence-corrected chi connectivity index (χ3v) is 5.75. The molecule has 2 rings (SSSR count). The van der Waals surface area contributed by atoms with Crippen molar-refractivity contribution in [1.82, 2.24) is 19.9 Å². The molecule has 10 heteroatoms. The second-order valence-electron chi connectivity index (χ2n) is 6.87. The van der Waals surface area contributed by atoms with Crippen LogP contribution >= 0.6 is 15.9 Å². The van der Waals surface area contributed by atoms with Crippen LogP contribution in [0, 0.1) is 6.92 Å². The maximum absolute atomic E-state index is 12.2. The van der Waals surface area contributed by atoms with Gasteiger partial charge in [-0.05, 0) is 28.9 Å². The highest BCUT2D eigenvalue weighted by atomic mass is 79.9. The van der Waals surface area contributed by atoms with Gasteiger partial charge in [-0.25, -0.2) is 4.68 Å². The molecule has 0 aliphatic heterocycles. The Bertz CT molecular complexity index is 766. The minimum atomic E-state index is -1.16. The first-order chi connectivity index (χ1) is 11.7. The van der Waals surface area contributed by atoms with Crippen LogP contribution in [0.1, 0.15) is 33.2 Å². The summed E-state index contributed by atoms with van der Waals surface area (Å²) in [5.41, 5.74) is 0.293. The van der Waals surface area contributed by atoms with Crippen LogP contribution in [0.15, 0.2) is 15.5 Å².